The maximum absolute atomic E-state index is 6.87. The fourth-order valence-corrected chi connectivity index (χ4v) is 10.2. The Labute approximate surface area is 196 Å². The molecule has 1 aromatic carbocycles. The van der Waals surface area contributed by atoms with Crippen molar-refractivity contribution in [3.63, 3.8) is 0 Å². The minimum absolute atomic E-state index is 0.368. The Morgan fingerprint density at radius 1 is 0.938 bits per heavy atom. The summed E-state index contributed by atoms with van der Waals surface area (Å²) in [6, 6.07) is 10.5. The lowest BCUT2D eigenvalue weighted by molar-refractivity contribution is 0.00578. The van der Waals surface area contributed by atoms with E-state index in [-0.39, 0.29) is 11.2 Å². The molecular weight excluding hydrogens is 415 g/mol. The Hall–Kier alpha value is -1.57. The zero-order valence-electron chi connectivity index (χ0n) is 21.6. The first kappa shape index (κ1) is 25.1. The first-order valence-corrected chi connectivity index (χ1v) is 14.1. The van der Waals surface area contributed by atoms with Crippen LogP contribution in [0.25, 0.3) is 0 Å². The normalized spacial score (nSPS) is 18.2. The van der Waals surface area contributed by atoms with Crippen LogP contribution >= 0.6 is 0 Å². The number of hydrogen-bond acceptors (Lipinski definition) is 4. The van der Waals surface area contributed by atoms with E-state index in [2.05, 4.69) is 93.5 Å². The van der Waals surface area contributed by atoms with Crippen molar-refractivity contribution < 1.29 is 13.7 Å². The average Bonchev–Trinajstić information content (AvgIpc) is 3.21. The third-order valence-corrected chi connectivity index (χ3v) is 13.4. The highest BCUT2D eigenvalue weighted by Gasteiger charge is 2.52. The molecule has 0 atom stereocenters. The van der Waals surface area contributed by atoms with Crippen molar-refractivity contribution in [2.75, 3.05) is 0 Å². The molecule has 1 fully saturated rings. The summed E-state index contributed by atoms with van der Waals surface area (Å²) in [7, 11) is -2.42. The molecule has 7 heteroatoms. The van der Waals surface area contributed by atoms with E-state index >= 15 is 0 Å². The van der Waals surface area contributed by atoms with Gasteiger partial charge in [0.05, 0.1) is 23.3 Å². The summed E-state index contributed by atoms with van der Waals surface area (Å²) in [6.45, 7) is 22.8. The molecule has 176 valence electrons. The highest BCUT2D eigenvalue weighted by Crippen LogP contribution is 2.42. The number of hydrogen-bond donors (Lipinski definition) is 0. The van der Waals surface area contributed by atoms with Crippen LogP contribution in [-0.2, 0) is 15.9 Å². The number of rotatable bonds is 8. The van der Waals surface area contributed by atoms with Gasteiger partial charge in [-0.05, 0) is 68.1 Å². The van der Waals surface area contributed by atoms with Crippen molar-refractivity contribution in [2.45, 2.75) is 104 Å². The van der Waals surface area contributed by atoms with Gasteiger partial charge in [0, 0.05) is 6.20 Å². The monoisotopic (exact) mass is 456 g/mol. The largest absolute Gasteiger partial charge is 0.543 e. The molecule has 1 aliphatic heterocycles. The molecular formula is C25H41BN2O3Si. The predicted molar refractivity (Wildman–Crippen MR) is 135 cm³/mol. The van der Waals surface area contributed by atoms with Gasteiger partial charge in [-0.25, -0.2) is 0 Å². The lowest BCUT2D eigenvalue weighted by Crippen LogP contribution is -2.50. The Morgan fingerprint density at radius 2 is 1.50 bits per heavy atom. The smallest absolute Gasteiger partial charge is 0.516 e. The van der Waals surface area contributed by atoms with Crippen molar-refractivity contribution in [3.05, 3.63) is 42.1 Å². The van der Waals surface area contributed by atoms with Crippen LogP contribution in [0.15, 0.2) is 36.5 Å². The first-order chi connectivity index (χ1) is 14.8. The van der Waals surface area contributed by atoms with Gasteiger partial charge in [0.25, 0.3) is 8.32 Å². The minimum atomic E-state index is -1.98. The van der Waals surface area contributed by atoms with Crippen molar-refractivity contribution in [1.29, 1.82) is 0 Å². The molecule has 0 saturated carbocycles. The summed E-state index contributed by atoms with van der Waals surface area (Å²) in [5.41, 5.74) is 2.87. The molecule has 1 aliphatic rings. The zero-order chi connectivity index (χ0) is 23.9. The standard InChI is InChI=1S/C25H41BN2O3Si/c1-18(2)32(19(3)4,20(5)6)29-22-13-11-12-21(16-22)17-28-15-14-23(27-28)26-30-24(7,8)25(9,10)31-26/h11-16,18-20H,17H2,1-10H3. The van der Waals surface area contributed by atoms with Crippen molar-refractivity contribution in [2.24, 2.45) is 0 Å². The second kappa shape index (κ2) is 8.99. The average molecular weight is 457 g/mol. The fourth-order valence-electron chi connectivity index (χ4n) is 5.01. The van der Waals surface area contributed by atoms with Crippen LogP contribution in [0, 0.1) is 0 Å². The number of aromatic nitrogens is 2. The Balaban J connectivity index is 1.76. The van der Waals surface area contributed by atoms with E-state index in [9.17, 15) is 0 Å². The fraction of sp³-hybridized carbons (Fsp3) is 0.640. The van der Waals surface area contributed by atoms with Crippen molar-refractivity contribution in [1.82, 2.24) is 9.78 Å². The van der Waals surface area contributed by atoms with Crippen LogP contribution in [0.1, 0.15) is 74.8 Å². The van der Waals surface area contributed by atoms with Gasteiger partial charge in [-0.3, -0.25) is 4.68 Å². The van der Waals surface area contributed by atoms with Gasteiger partial charge in [-0.1, -0.05) is 53.7 Å². The summed E-state index contributed by atoms with van der Waals surface area (Å²) in [5, 5.41) is 4.74. The summed E-state index contributed by atoms with van der Waals surface area (Å²) in [5.74, 6) is 0.976. The molecule has 0 unspecified atom stereocenters. The first-order valence-electron chi connectivity index (χ1n) is 12.0. The second-order valence-electron chi connectivity index (χ2n) is 11.1. The van der Waals surface area contributed by atoms with Gasteiger partial charge in [0.2, 0.25) is 0 Å². The van der Waals surface area contributed by atoms with E-state index in [1.54, 1.807) is 0 Å². The van der Waals surface area contributed by atoms with Gasteiger partial charge >= 0.3 is 7.12 Å². The third kappa shape index (κ3) is 4.71. The van der Waals surface area contributed by atoms with Crippen LogP contribution in [0.2, 0.25) is 16.6 Å². The third-order valence-electron chi connectivity index (χ3n) is 7.40. The molecule has 0 bridgehead atoms. The van der Waals surface area contributed by atoms with Crippen molar-refractivity contribution in [3.8, 4) is 5.75 Å². The number of nitrogens with zero attached hydrogens (tertiary/aromatic N) is 2. The Kier molecular flexibility index (Phi) is 7.04. The topological polar surface area (TPSA) is 45.5 Å². The van der Waals surface area contributed by atoms with E-state index in [0.717, 1.165) is 11.3 Å². The summed E-state index contributed by atoms with van der Waals surface area (Å²) >= 11 is 0. The zero-order valence-corrected chi connectivity index (χ0v) is 22.6. The minimum Gasteiger partial charge on any atom is -0.543 e. The van der Waals surface area contributed by atoms with Gasteiger partial charge < -0.3 is 13.7 Å². The molecule has 2 heterocycles. The van der Waals surface area contributed by atoms with E-state index in [1.807, 2.05) is 16.9 Å². The molecule has 5 nitrogen and oxygen atoms in total. The van der Waals surface area contributed by atoms with Crippen LogP contribution in [0.5, 0.6) is 5.75 Å². The van der Waals surface area contributed by atoms with Crippen LogP contribution < -0.4 is 10.0 Å². The van der Waals surface area contributed by atoms with Crippen LogP contribution in [0.4, 0.5) is 0 Å². The molecule has 0 spiro atoms. The SMILES string of the molecule is CC(C)[Si](Oc1cccc(Cn2ccc(B3OC(C)(C)C(C)(C)O3)n2)c1)(C(C)C)C(C)C. The summed E-state index contributed by atoms with van der Waals surface area (Å²) < 4.78 is 21.1. The molecule has 1 aromatic heterocycles. The van der Waals surface area contributed by atoms with Gasteiger partial charge in [0.15, 0.2) is 0 Å². The lowest BCUT2D eigenvalue weighted by Gasteiger charge is -2.42. The van der Waals surface area contributed by atoms with E-state index in [4.69, 9.17) is 18.8 Å². The van der Waals surface area contributed by atoms with E-state index in [1.165, 1.54) is 5.56 Å². The number of benzene rings is 1. The van der Waals surface area contributed by atoms with E-state index < -0.39 is 15.4 Å². The molecule has 0 N–H and O–H groups in total. The lowest BCUT2D eigenvalue weighted by atomic mass is 9.85. The van der Waals surface area contributed by atoms with Crippen LogP contribution in [-0.4, -0.2) is 36.4 Å². The van der Waals surface area contributed by atoms with Gasteiger partial charge in [-0.2, -0.15) is 5.10 Å². The summed E-state index contributed by atoms with van der Waals surface area (Å²) in [4.78, 5) is 0. The highest BCUT2D eigenvalue weighted by molar-refractivity contribution is 6.78. The summed E-state index contributed by atoms with van der Waals surface area (Å²) in [6.07, 6.45) is 1.99. The Morgan fingerprint density at radius 3 is 2.03 bits per heavy atom. The maximum atomic E-state index is 6.87. The highest BCUT2D eigenvalue weighted by atomic mass is 28.4. The quantitative estimate of drug-likeness (QED) is 0.472. The van der Waals surface area contributed by atoms with E-state index in [0.29, 0.717) is 23.2 Å². The second-order valence-corrected chi connectivity index (χ2v) is 16.5. The van der Waals surface area contributed by atoms with Crippen LogP contribution in [0.3, 0.4) is 0 Å². The molecule has 1 saturated heterocycles. The molecule has 2 aromatic rings. The molecule has 0 radical (unpaired) electrons. The molecule has 32 heavy (non-hydrogen) atoms. The predicted octanol–water partition coefficient (Wildman–Crippen LogP) is 5.78. The molecule has 0 aliphatic carbocycles. The Bertz CT molecular complexity index is 886. The maximum Gasteiger partial charge on any atom is 0.516 e. The van der Waals surface area contributed by atoms with Gasteiger partial charge in [0.1, 0.15) is 5.75 Å². The molecule has 0 amide bonds. The molecule has 3 rings (SSSR count). The van der Waals surface area contributed by atoms with Gasteiger partial charge in [-0.15, -0.1) is 0 Å². The van der Waals surface area contributed by atoms with Crippen molar-refractivity contribution >= 4 is 21.0 Å².